The topological polar surface area (TPSA) is 66.8 Å². The number of hydrogen-bond donors (Lipinski definition) is 1. The van der Waals surface area contributed by atoms with Crippen LogP contribution in [0.4, 0.5) is 5.69 Å². The lowest BCUT2D eigenvalue weighted by Gasteiger charge is -2.32. The van der Waals surface area contributed by atoms with E-state index in [1.54, 1.807) is 24.3 Å². The zero-order chi connectivity index (χ0) is 20.3. The highest BCUT2D eigenvalue weighted by molar-refractivity contribution is 9.10. The van der Waals surface area contributed by atoms with Gasteiger partial charge in [0.25, 0.3) is 11.8 Å². The fourth-order valence-corrected chi connectivity index (χ4v) is 3.71. The molecule has 3 rings (SSSR count). The van der Waals surface area contributed by atoms with Crippen LogP contribution in [0.5, 0.6) is 5.75 Å². The standard InChI is InChI=1S/C20H25BrN4O3/c1-4-24-13-15(21)12-17(24)19(26)22-16-11-14(5-6-18(16)28-3)20(27)25-9-7-23(2)8-10-25/h5-6,11-13H,4,7-10H2,1-3H3,(H,22,26). The summed E-state index contributed by atoms with van der Waals surface area (Å²) in [4.78, 5) is 29.7. The van der Waals surface area contributed by atoms with Gasteiger partial charge in [-0.15, -0.1) is 0 Å². The zero-order valence-electron chi connectivity index (χ0n) is 16.4. The second kappa shape index (κ2) is 8.79. The number of nitrogens with zero attached hydrogens (tertiary/aromatic N) is 3. The number of halogens is 1. The van der Waals surface area contributed by atoms with Crippen molar-refractivity contribution in [2.24, 2.45) is 0 Å². The van der Waals surface area contributed by atoms with Gasteiger partial charge >= 0.3 is 0 Å². The zero-order valence-corrected chi connectivity index (χ0v) is 18.0. The molecule has 1 fully saturated rings. The summed E-state index contributed by atoms with van der Waals surface area (Å²) in [6.07, 6.45) is 1.86. The lowest BCUT2D eigenvalue weighted by molar-refractivity contribution is 0.0664. The van der Waals surface area contributed by atoms with Gasteiger partial charge in [0.1, 0.15) is 11.4 Å². The minimum atomic E-state index is -0.255. The van der Waals surface area contributed by atoms with E-state index in [4.69, 9.17) is 4.74 Å². The molecule has 2 aromatic rings. The van der Waals surface area contributed by atoms with Gasteiger partial charge in [0.15, 0.2) is 0 Å². The van der Waals surface area contributed by atoms with Gasteiger partial charge in [-0.1, -0.05) is 0 Å². The predicted octanol–water partition coefficient (Wildman–Crippen LogP) is 2.92. The Hall–Kier alpha value is -2.32. The number of nitrogens with one attached hydrogen (secondary N) is 1. The van der Waals surface area contributed by atoms with E-state index in [0.29, 0.717) is 42.3 Å². The van der Waals surface area contributed by atoms with Gasteiger partial charge in [-0.3, -0.25) is 9.59 Å². The van der Waals surface area contributed by atoms with Crippen molar-refractivity contribution in [1.82, 2.24) is 14.4 Å². The molecule has 0 bridgehead atoms. The second-order valence-electron chi connectivity index (χ2n) is 6.79. The Morgan fingerprint density at radius 1 is 1.18 bits per heavy atom. The summed E-state index contributed by atoms with van der Waals surface area (Å²) in [5.74, 6) is 0.220. The third kappa shape index (κ3) is 4.39. The van der Waals surface area contributed by atoms with Crippen molar-refractivity contribution in [3.63, 3.8) is 0 Å². The van der Waals surface area contributed by atoms with Crippen LogP contribution in [0.15, 0.2) is 34.9 Å². The number of aromatic nitrogens is 1. The molecule has 1 aromatic carbocycles. The van der Waals surface area contributed by atoms with Crippen LogP contribution in [-0.2, 0) is 6.54 Å². The monoisotopic (exact) mass is 448 g/mol. The van der Waals surface area contributed by atoms with Crippen molar-refractivity contribution in [1.29, 1.82) is 0 Å². The summed E-state index contributed by atoms with van der Waals surface area (Å²) in [5.41, 5.74) is 1.55. The van der Waals surface area contributed by atoms with E-state index < -0.39 is 0 Å². The van der Waals surface area contributed by atoms with E-state index in [1.165, 1.54) is 7.11 Å². The molecule has 8 heteroatoms. The number of ether oxygens (including phenoxy) is 1. The van der Waals surface area contributed by atoms with E-state index >= 15 is 0 Å². The van der Waals surface area contributed by atoms with Crippen LogP contribution in [0.25, 0.3) is 0 Å². The molecule has 28 heavy (non-hydrogen) atoms. The highest BCUT2D eigenvalue weighted by Gasteiger charge is 2.22. The molecule has 0 aliphatic carbocycles. The number of piperazine rings is 1. The van der Waals surface area contributed by atoms with Crippen LogP contribution in [0.3, 0.4) is 0 Å². The predicted molar refractivity (Wildman–Crippen MR) is 112 cm³/mol. The van der Waals surface area contributed by atoms with Gasteiger partial charge in [-0.05, 0) is 54.2 Å². The number of likely N-dealkylation sites (N-methyl/N-ethyl adjacent to an activating group) is 1. The Kier molecular flexibility index (Phi) is 6.41. The fraction of sp³-hybridized carbons (Fsp3) is 0.400. The van der Waals surface area contributed by atoms with Crippen molar-refractivity contribution in [3.8, 4) is 5.75 Å². The third-order valence-corrected chi connectivity index (χ3v) is 5.36. The summed E-state index contributed by atoms with van der Waals surface area (Å²) in [6.45, 7) is 5.75. The lowest BCUT2D eigenvalue weighted by Crippen LogP contribution is -2.47. The molecule has 7 nitrogen and oxygen atoms in total. The van der Waals surface area contributed by atoms with Crippen molar-refractivity contribution < 1.29 is 14.3 Å². The lowest BCUT2D eigenvalue weighted by atomic mass is 10.1. The first-order valence-electron chi connectivity index (χ1n) is 9.25. The van der Waals surface area contributed by atoms with Crippen LogP contribution >= 0.6 is 15.9 Å². The largest absolute Gasteiger partial charge is 0.495 e. The highest BCUT2D eigenvalue weighted by atomic mass is 79.9. The first-order chi connectivity index (χ1) is 13.4. The summed E-state index contributed by atoms with van der Waals surface area (Å²) in [6, 6.07) is 6.91. The van der Waals surface area contributed by atoms with Crippen molar-refractivity contribution in [2.45, 2.75) is 13.5 Å². The molecule has 0 radical (unpaired) electrons. The molecule has 1 aliphatic heterocycles. The third-order valence-electron chi connectivity index (χ3n) is 4.92. The molecule has 1 N–H and O–H groups in total. The number of aryl methyl sites for hydroxylation is 1. The Morgan fingerprint density at radius 2 is 1.89 bits per heavy atom. The summed E-state index contributed by atoms with van der Waals surface area (Å²) in [5, 5.41) is 2.89. The molecule has 2 heterocycles. The minimum absolute atomic E-state index is 0.0362. The summed E-state index contributed by atoms with van der Waals surface area (Å²) < 4.78 is 8.07. The first-order valence-corrected chi connectivity index (χ1v) is 10.0. The molecule has 1 saturated heterocycles. The number of hydrogen-bond acceptors (Lipinski definition) is 4. The van der Waals surface area contributed by atoms with Gasteiger partial charge in [0.2, 0.25) is 0 Å². The quantitative estimate of drug-likeness (QED) is 0.763. The molecule has 0 spiro atoms. The van der Waals surface area contributed by atoms with E-state index in [0.717, 1.165) is 17.6 Å². The smallest absolute Gasteiger partial charge is 0.272 e. The Balaban J connectivity index is 1.83. The number of anilines is 1. The number of carbonyl (C=O) groups is 2. The van der Waals surface area contributed by atoms with E-state index in [2.05, 4.69) is 26.1 Å². The van der Waals surface area contributed by atoms with Gasteiger partial charge in [0.05, 0.1) is 12.8 Å². The highest BCUT2D eigenvalue weighted by Crippen LogP contribution is 2.27. The number of benzene rings is 1. The summed E-state index contributed by atoms with van der Waals surface area (Å²) >= 11 is 3.41. The molecular formula is C20H25BrN4O3. The van der Waals surface area contributed by atoms with Crippen molar-refractivity contribution in [3.05, 3.63) is 46.2 Å². The first kappa shape index (κ1) is 20.4. The molecule has 2 amide bonds. The Labute approximate surface area is 173 Å². The maximum atomic E-state index is 12.9. The van der Waals surface area contributed by atoms with E-state index in [1.807, 2.05) is 29.6 Å². The van der Waals surface area contributed by atoms with Gasteiger partial charge in [0, 0.05) is 49.0 Å². The maximum absolute atomic E-state index is 12.9. The Morgan fingerprint density at radius 3 is 2.54 bits per heavy atom. The van der Waals surface area contributed by atoms with Gasteiger partial charge in [-0.2, -0.15) is 0 Å². The number of amides is 2. The van der Waals surface area contributed by atoms with E-state index in [-0.39, 0.29) is 11.8 Å². The molecule has 1 aromatic heterocycles. The number of carbonyl (C=O) groups excluding carboxylic acids is 2. The van der Waals surface area contributed by atoms with Crippen LogP contribution in [0, 0.1) is 0 Å². The normalized spacial score (nSPS) is 14.8. The van der Waals surface area contributed by atoms with Gasteiger partial charge in [-0.25, -0.2) is 0 Å². The van der Waals surface area contributed by atoms with Crippen LogP contribution in [-0.4, -0.2) is 66.5 Å². The molecule has 0 unspecified atom stereocenters. The molecule has 150 valence electrons. The molecule has 0 saturated carbocycles. The Bertz CT molecular complexity index is 872. The minimum Gasteiger partial charge on any atom is -0.495 e. The maximum Gasteiger partial charge on any atom is 0.272 e. The van der Waals surface area contributed by atoms with Gasteiger partial charge < -0.3 is 24.4 Å². The fourth-order valence-electron chi connectivity index (χ4n) is 3.24. The van der Waals surface area contributed by atoms with Crippen molar-refractivity contribution in [2.75, 3.05) is 45.7 Å². The summed E-state index contributed by atoms with van der Waals surface area (Å²) in [7, 11) is 3.59. The number of rotatable bonds is 5. The molecular weight excluding hydrogens is 424 g/mol. The second-order valence-corrected chi connectivity index (χ2v) is 7.71. The van der Waals surface area contributed by atoms with E-state index in [9.17, 15) is 9.59 Å². The van der Waals surface area contributed by atoms with Crippen LogP contribution in [0.2, 0.25) is 0 Å². The van der Waals surface area contributed by atoms with Crippen LogP contribution < -0.4 is 10.1 Å². The molecule has 0 atom stereocenters. The molecule has 1 aliphatic rings. The SMILES string of the molecule is CCn1cc(Br)cc1C(=O)Nc1cc(C(=O)N2CCN(C)CC2)ccc1OC. The van der Waals surface area contributed by atoms with Crippen LogP contribution in [0.1, 0.15) is 27.8 Å². The van der Waals surface area contributed by atoms with Crippen molar-refractivity contribution >= 4 is 33.4 Å². The average Bonchev–Trinajstić information content (AvgIpc) is 3.09. The average molecular weight is 449 g/mol. The number of methoxy groups -OCH3 is 1.